The first-order chi connectivity index (χ1) is 9.60. The van der Waals surface area contributed by atoms with Crippen LogP contribution in [0.2, 0.25) is 0 Å². The molecule has 0 fully saturated rings. The Balaban J connectivity index is 2.32. The van der Waals surface area contributed by atoms with Crippen LogP contribution in [-0.2, 0) is 5.88 Å². The third-order valence-corrected chi connectivity index (χ3v) is 3.99. The minimum Gasteiger partial charge on any atom is -0.295 e. The van der Waals surface area contributed by atoms with E-state index in [4.69, 9.17) is 11.6 Å². The van der Waals surface area contributed by atoms with Crippen molar-refractivity contribution in [3.63, 3.8) is 0 Å². The number of imidazole rings is 1. The Kier molecular flexibility index (Phi) is 3.27. The normalized spacial score (nSPS) is 11.2. The van der Waals surface area contributed by atoms with Gasteiger partial charge in [0.05, 0.1) is 16.9 Å². The predicted octanol–water partition coefficient (Wildman–Crippen LogP) is 4.69. The second-order valence-corrected chi connectivity index (χ2v) is 5.53. The lowest BCUT2D eigenvalue weighted by Crippen LogP contribution is -2.00. The number of hydrogen-bond acceptors (Lipinski definition) is 1. The molecule has 0 aliphatic heterocycles. The van der Waals surface area contributed by atoms with E-state index in [-0.39, 0.29) is 0 Å². The third kappa shape index (κ3) is 2.10. The van der Waals surface area contributed by atoms with E-state index in [1.54, 1.807) is 0 Å². The zero-order valence-corrected chi connectivity index (χ0v) is 12.7. The molecule has 1 heterocycles. The maximum atomic E-state index is 6.08. The number of benzene rings is 2. The van der Waals surface area contributed by atoms with Crippen molar-refractivity contribution in [1.82, 2.24) is 9.55 Å². The van der Waals surface area contributed by atoms with Crippen molar-refractivity contribution in [2.75, 3.05) is 0 Å². The standard InChI is InChI=1S/C17H17ClN2/c1-11-4-7-15-16(8-11)20(17(10-18)19-15)14-6-5-12(2)13(3)9-14/h4-9H,10H2,1-3H3. The van der Waals surface area contributed by atoms with Crippen molar-refractivity contribution in [2.24, 2.45) is 0 Å². The molecule has 3 rings (SSSR count). The summed E-state index contributed by atoms with van der Waals surface area (Å²) in [6.07, 6.45) is 0. The summed E-state index contributed by atoms with van der Waals surface area (Å²) in [4.78, 5) is 4.63. The van der Waals surface area contributed by atoms with E-state index < -0.39 is 0 Å². The lowest BCUT2D eigenvalue weighted by molar-refractivity contribution is 0.978. The summed E-state index contributed by atoms with van der Waals surface area (Å²) < 4.78 is 2.15. The lowest BCUT2D eigenvalue weighted by Gasteiger charge is -2.10. The zero-order valence-electron chi connectivity index (χ0n) is 11.9. The lowest BCUT2D eigenvalue weighted by atomic mass is 10.1. The molecule has 0 aliphatic carbocycles. The van der Waals surface area contributed by atoms with Gasteiger partial charge in [-0.05, 0) is 61.7 Å². The SMILES string of the molecule is Cc1ccc2nc(CCl)n(-c3ccc(C)c(C)c3)c2c1. The van der Waals surface area contributed by atoms with Crippen molar-refractivity contribution >= 4 is 22.6 Å². The van der Waals surface area contributed by atoms with Gasteiger partial charge in [0.1, 0.15) is 5.82 Å². The van der Waals surface area contributed by atoms with Crippen molar-refractivity contribution in [2.45, 2.75) is 26.7 Å². The van der Waals surface area contributed by atoms with E-state index in [0.717, 1.165) is 22.5 Å². The van der Waals surface area contributed by atoms with Crippen LogP contribution in [0.25, 0.3) is 16.7 Å². The number of fused-ring (bicyclic) bond motifs is 1. The first kappa shape index (κ1) is 13.2. The smallest absolute Gasteiger partial charge is 0.129 e. The number of rotatable bonds is 2. The van der Waals surface area contributed by atoms with Crippen LogP contribution in [0, 0.1) is 20.8 Å². The number of alkyl halides is 1. The monoisotopic (exact) mass is 284 g/mol. The summed E-state index contributed by atoms with van der Waals surface area (Å²) in [6, 6.07) is 12.8. The van der Waals surface area contributed by atoms with Crippen LogP contribution in [0.3, 0.4) is 0 Å². The molecule has 102 valence electrons. The molecule has 3 aromatic rings. The predicted molar refractivity (Wildman–Crippen MR) is 84.8 cm³/mol. The van der Waals surface area contributed by atoms with E-state index in [2.05, 4.69) is 66.7 Å². The summed E-state index contributed by atoms with van der Waals surface area (Å²) in [5, 5.41) is 0. The molecular weight excluding hydrogens is 268 g/mol. The Labute approximate surface area is 124 Å². The van der Waals surface area contributed by atoms with E-state index >= 15 is 0 Å². The van der Waals surface area contributed by atoms with Crippen molar-refractivity contribution in [1.29, 1.82) is 0 Å². The van der Waals surface area contributed by atoms with Gasteiger partial charge >= 0.3 is 0 Å². The first-order valence-corrected chi connectivity index (χ1v) is 7.25. The molecule has 2 nitrogen and oxygen atoms in total. The minimum absolute atomic E-state index is 0.403. The number of aromatic nitrogens is 2. The topological polar surface area (TPSA) is 17.8 Å². The molecule has 0 aliphatic rings. The minimum atomic E-state index is 0.403. The van der Waals surface area contributed by atoms with E-state index in [1.807, 2.05) is 0 Å². The highest BCUT2D eigenvalue weighted by molar-refractivity contribution is 6.17. The molecule has 0 bridgehead atoms. The van der Waals surface area contributed by atoms with Crippen molar-refractivity contribution in [3.05, 3.63) is 58.9 Å². The third-order valence-electron chi connectivity index (χ3n) is 3.75. The molecule has 20 heavy (non-hydrogen) atoms. The summed E-state index contributed by atoms with van der Waals surface area (Å²) in [7, 11) is 0. The van der Waals surface area contributed by atoms with Gasteiger partial charge in [0.25, 0.3) is 0 Å². The molecule has 0 saturated carbocycles. The fraction of sp³-hybridized carbons (Fsp3) is 0.235. The molecule has 2 aromatic carbocycles. The van der Waals surface area contributed by atoms with Gasteiger partial charge in [0.2, 0.25) is 0 Å². The Hall–Kier alpha value is -1.80. The molecule has 0 radical (unpaired) electrons. The van der Waals surface area contributed by atoms with E-state index in [1.165, 1.54) is 16.7 Å². The summed E-state index contributed by atoms with van der Waals surface area (Å²) in [5.41, 5.74) is 7.02. The molecule has 0 amide bonds. The average Bonchev–Trinajstić information content (AvgIpc) is 2.79. The van der Waals surface area contributed by atoms with Crippen LogP contribution >= 0.6 is 11.6 Å². The summed E-state index contributed by atoms with van der Waals surface area (Å²) >= 11 is 6.08. The molecule has 3 heteroatoms. The van der Waals surface area contributed by atoms with Crippen LogP contribution in [0.5, 0.6) is 0 Å². The van der Waals surface area contributed by atoms with Gasteiger partial charge in [-0.3, -0.25) is 4.57 Å². The van der Waals surface area contributed by atoms with Gasteiger partial charge in [0, 0.05) is 5.69 Å². The maximum absolute atomic E-state index is 6.08. The molecule has 0 atom stereocenters. The fourth-order valence-corrected chi connectivity index (χ4v) is 2.66. The van der Waals surface area contributed by atoms with Gasteiger partial charge in [-0.2, -0.15) is 0 Å². The van der Waals surface area contributed by atoms with Crippen molar-refractivity contribution < 1.29 is 0 Å². The highest BCUT2D eigenvalue weighted by Crippen LogP contribution is 2.25. The molecule has 0 spiro atoms. The Morgan fingerprint density at radius 3 is 2.50 bits per heavy atom. The first-order valence-electron chi connectivity index (χ1n) is 6.71. The van der Waals surface area contributed by atoms with Gasteiger partial charge in [-0.25, -0.2) is 4.98 Å². The number of halogens is 1. The van der Waals surface area contributed by atoms with Crippen LogP contribution in [0.1, 0.15) is 22.5 Å². The van der Waals surface area contributed by atoms with Crippen molar-refractivity contribution in [3.8, 4) is 5.69 Å². The van der Waals surface area contributed by atoms with Crippen LogP contribution < -0.4 is 0 Å². The second-order valence-electron chi connectivity index (χ2n) is 5.26. The van der Waals surface area contributed by atoms with Gasteiger partial charge in [-0.15, -0.1) is 11.6 Å². The Bertz CT molecular complexity index is 787. The highest BCUT2D eigenvalue weighted by Gasteiger charge is 2.12. The van der Waals surface area contributed by atoms with Crippen LogP contribution in [0.15, 0.2) is 36.4 Å². The van der Waals surface area contributed by atoms with Crippen LogP contribution in [0.4, 0.5) is 0 Å². The largest absolute Gasteiger partial charge is 0.295 e. The van der Waals surface area contributed by atoms with Crippen LogP contribution in [-0.4, -0.2) is 9.55 Å². The average molecular weight is 285 g/mol. The van der Waals surface area contributed by atoms with E-state index in [9.17, 15) is 0 Å². The molecule has 0 saturated heterocycles. The highest BCUT2D eigenvalue weighted by atomic mass is 35.5. The van der Waals surface area contributed by atoms with E-state index in [0.29, 0.717) is 5.88 Å². The quantitative estimate of drug-likeness (QED) is 0.624. The molecule has 0 unspecified atom stereocenters. The Morgan fingerprint density at radius 2 is 1.80 bits per heavy atom. The maximum Gasteiger partial charge on any atom is 0.129 e. The molecule has 1 aromatic heterocycles. The van der Waals surface area contributed by atoms with Gasteiger partial charge < -0.3 is 0 Å². The zero-order chi connectivity index (χ0) is 14.3. The number of nitrogens with zero attached hydrogens (tertiary/aromatic N) is 2. The summed E-state index contributed by atoms with van der Waals surface area (Å²) in [6.45, 7) is 6.35. The second kappa shape index (κ2) is 4.95. The molecular formula is C17H17ClN2. The Morgan fingerprint density at radius 1 is 1.00 bits per heavy atom. The van der Waals surface area contributed by atoms with Gasteiger partial charge in [-0.1, -0.05) is 12.1 Å². The van der Waals surface area contributed by atoms with Gasteiger partial charge in [0.15, 0.2) is 0 Å². The fourth-order valence-electron chi connectivity index (χ4n) is 2.48. The number of hydrogen-bond donors (Lipinski definition) is 0. The molecule has 0 N–H and O–H groups in total. The summed E-state index contributed by atoms with van der Waals surface area (Å²) in [5.74, 6) is 1.29. The number of aryl methyl sites for hydroxylation is 3.